The molecule has 6 bridgehead atoms. The zero-order valence-electron chi connectivity index (χ0n) is 42.6. The largest absolute Gasteiger partial charge is 0.508 e. The molecule has 12 rings (SSSR count). The van der Waals surface area contributed by atoms with Crippen molar-refractivity contribution in [3.63, 3.8) is 0 Å². The highest BCUT2D eigenvalue weighted by Crippen LogP contribution is 2.64. The number of methoxy groups -OCH3 is 1. The third-order valence-electron chi connectivity index (χ3n) is 17.5. The summed E-state index contributed by atoms with van der Waals surface area (Å²) in [6.45, 7) is 1.89. The van der Waals surface area contributed by atoms with Crippen LogP contribution in [0.2, 0.25) is 0 Å². The van der Waals surface area contributed by atoms with Gasteiger partial charge in [0.15, 0.2) is 11.5 Å². The molecular weight excluding hydrogens is 965 g/mol. The van der Waals surface area contributed by atoms with E-state index in [0.717, 1.165) is 112 Å². The van der Waals surface area contributed by atoms with Crippen molar-refractivity contribution >= 4 is 33.6 Å². The van der Waals surface area contributed by atoms with E-state index in [-0.39, 0.29) is 54.5 Å². The van der Waals surface area contributed by atoms with Crippen LogP contribution in [0.1, 0.15) is 115 Å². The van der Waals surface area contributed by atoms with Crippen LogP contribution in [0.25, 0.3) is 17.2 Å². The second-order valence-electron chi connectivity index (χ2n) is 22.0. The highest BCUT2D eigenvalue weighted by Gasteiger charge is 2.53. The molecule has 8 aliphatic rings. The molecule has 4 aromatic rings. The first-order valence-corrected chi connectivity index (χ1v) is 29.3. The molecule has 5 heterocycles. The molecule has 13 heteroatoms. The summed E-state index contributed by atoms with van der Waals surface area (Å²) in [5, 5.41) is 35.1. The SMILES string of the molecule is CNCc1c(O)c2c(c3c1CC#CC1=C(C=CC(N)N1)[C@@H](CCc1ccccc1)[C@H]1CC[C@@]4(Cc5cc(O)cc(OC)c5-c5ccc6c(c54)O[C@H]3[C@H]6COC(C)=O)C1)C=C[C@@H]1N[C@H]3CCC[C@@H](CSSC[C@@H]1O2)C3. The predicted octanol–water partition coefficient (Wildman–Crippen LogP) is 10.1. The molecule has 3 fully saturated rings. The maximum atomic E-state index is 13.0. The number of allylic oxidation sites excluding steroid dienone is 3. The van der Waals surface area contributed by atoms with Gasteiger partial charge in [-0.25, -0.2) is 0 Å². The number of aromatic hydroxyl groups is 2. The number of nitrogens with two attached hydrogens (primary N) is 1. The molecule has 74 heavy (non-hydrogen) atoms. The van der Waals surface area contributed by atoms with Gasteiger partial charge in [0, 0.05) is 82.3 Å². The van der Waals surface area contributed by atoms with Gasteiger partial charge in [-0.3, -0.25) is 4.79 Å². The molecule has 0 radical (unpaired) electrons. The Kier molecular flexibility index (Phi) is 13.7. The number of rotatable bonds is 8. The Morgan fingerprint density at radius 3 is 2.72 bits per heavy atom. The van der Waals surface area contributed by atoms with E-state index in [1.807, 2.05) is 34.7 Å². The van der Waals surface area contributed by atoms with Crippen LogP contribution in [0.5, 0.6) is 28.7 Å². The molecule has 10 atom stereocenters. The van der Waals surface area contributed by atoms with Gasteiger partial charge in [0.2, 0.25) is 0 Å². The van der Waals surface area contributed by atoms with Gasteiger partial charge in [-0.2, -0.15) is 0 Å². The van der Waals surface area contributed by atoms with Crippen molar-refractivity contribution in [1.29, 1.82) is 0 Å². The monoisotopic (exact) mass is 1030 g/mol. The summed E-state index contributed by atoms with van der Waals surface area (Å²) in [6.07, 6.45) is 17.6. The van der Waals surface area contributed by atoms with Crippen LogP contribution >= 0.6 is 21.6 Å². The normalized spacial score (nSPS) is 29.1. The van der Waals surface area contributed by atoms with Crippen LogP contribution < -0.4 is 35.9 Å². The van der Waals surface area contributed by atoms with Gasteiger partial charge in [-0.15, -0.1) is 0 Å². The van der Waals surface area contributed by atoms with E-state index in [4.69, 9.17) is 24.7 Å². The third-order valence-corrected chi connectivity index (χ3v) is 20.0. The Hall–Kier alpha value is -5.49. The van der Waals surface area contributed by atoms with Crippen molar-refractivity contribution in [2.24, 2.45) is 23.5 Å². The van der Waals surface area contributed by atoms with Crippen molar-refractivity contribution in [3.8, 4) is 51.7 Å². The Bertz CT molecular complexity index is 3020. The summed E-state index contributed by atoms with van der Waals surface area (Å²) in [5.41, 5.74) is 18.0. The summed E-state index contributed by atoms with van der Waals surface area (Å²) >= 11 is 0. The molecule has 2 saturated carbocycles. The second kappa shape index (κ2) is 20.6. The van der Waals surface area contributed by atoms with Gasteiger partial charge in [-0.05, 0) is 128 Å². The highest BCUT2D eigenvalue weighted by atomic mass is 33.1. The number of hydrogen-bond acceptors (Lipinski definition) is 13. The molecule has 11 nitrogen and oxygen atoms in total. The fourth-order valence-corrected chi connectivity index (χ4v) is 16.9. The Labute approximate surface area is 443 Å². The lowest BCUT2D eigenvalue weighted by atomic mass is 9.64. The zero-order valence-corrected chi connectivity index (χ0v) is 44.3. The van der Waals surface area contributed by atoms with E-state index in [9.17, 15) is 15.0 Å². The first kappa shape index (κ1) is 49.4. The highest BCUT2D eigenvalue weighted by molar-refractivity contribution is 8.76. The summed E-state index contributed by atoms with van der Waals surface area (Å²) in [6, 6.07) is 19.0. The van der Waals surface area contributed by atoms with Crippen LogP contribution in [0.15, 0.2) is 84.1 Å². The van der Waals surface area contributed by atoms with Gasteiger partial charge in [0.1, 0.15) is 36.1 Å². The zero-order chi connectivity index (χ0) is 50.7. The number of ether oxygens (including phenoxy) is 4. The summed E-state index contributed by atoms with van der Waals surface area (Å²) < 4.78 is 27.3. The number of carbonyl (C=O) groups is 1. The number of esters is 1. The first-order valence-electron chi connectivity index (χ1n) is 26.8. The standard InChI is InChI=1S/C61H68N4O7S2/c1-34(66)70-31-48-44-17-18-45-54-38(26-40(67)27-51(54)69-3)29-61-24-23-37(28-61)41(16-15-35-9-5-4-6-10-35)42-20-22-53(62)65-49(42)14-8-13-43-47(30-63-2)57(68)60-46(55(43)58(48)72-59(44)56(45)61)19-21-50-52(71-60)33-74-73-32-36-11-7-12-39(25-36)64-50/h4-6,9-10,17-22,26-27,36-37,39,41,48,50,52-53,58,63-65,67-68H,7,11-13,15-16,23-25,28-33,62H2,1-3H3/t36-,37+,39+,41+,48+,50+,52+,53?,58+,61+/m1/s1. The molecule has 4 aromatic carbocycles. The molecule has 3 aliphatic carbocycles. The number of fused-ring (bicyclic) bond motifs is 11. The van der Waals surface area contributed by atoms with Gasteiger partial charge < -0.3 is 50.8 Å². The smallest absolute Gasteiger partial charge is 0.302 e. The van der Waals surface area contributed by atoms with E-state index in [0.29, 0.717) is 42.0 Å². The van der Waals surface area contributed by atoms with Gasteiger partial charge in [0.25, 0.3) is 0 Å². The van der Waals surface area contributed by atoms with E-state index < -0.39 is 23.6 Å². The summed E-state index contributed by atoms with van der Waals surface area (Å²) in [5.74, 6) is 11.6. The van der Waals surface area contributed by atoms with Crippen molar-refractivity contribution < 1.29 is 34.0 Å². The number of benzene rings is 4. The lowest BCUT2D eigenvalue weighted by Crippen LogP contribution is -2.49. The molecular formula is C61H68N4O7S2. The lowest BCUT2D eigenvalue weighted by molar-refractivity contribution is -0.141. The van der Waals surface area contributed by atoms with E-state index in [1.165, 1.54) is 30.9 Å². The molecule has 0 amide bonds. The van der Waals surface area contributed by atoms with E-state index in [2.05, 4.69) is 94.6 Å². The third kappa shape index (κ3) is 9.06. The van der Waals surface area contributed by atoms with Crippen LogP contribution in [-0.4, -0.2) is 72.8 Å². The second-order valence-corrected chi connectivity index (χ2v) is 24.5. The molecule has 5 aliphatic heterocycles. The van der Waals surface area contributed by atoms with Crippen molar-refractivity contribution in [3.05, 3.63) is 129 Å². The predicted molar refractivity (Wildman–Crippen MR) is 294 cm³/mol. The quantitative estimate of drug-likeness (QED) is 0.0564. The molecule has 7 N–H and O–H groups in total. The minimum absolute atomic E-state index is 0.0807. The maximum Gasteiger partial charge on any atom is 0.302 e. The summed E-state index contributed by atoms with van der Waals surface area (Å²) in [7, 11) is 7.37. The van der Waals surface area contributed by atoms with Crippen LogP contribution in [0.3, 0.4) is 0 Å². The average Bonchev–Trinajstić information content (AvgIpc) is 3.95. The molecule has 386 valence electrons. The maximum absolute atomic E-state index is 13.0. The van der Waals surface area contributed by atoms with Crippen LogP contribution in [-0.2, 0) is 40.8 Å². The van der Waals surface area contributed by atoms with Crippen LogP contribution in [0, 0.1) is 29.6 Å². The van der Waals surface area contributed by atoms with Crippen molar-refractivity contribution in [1.82, 2.24) is 16.0 Å². The average molecular weight is 1030 g/mol. The topological polar surface area (TPSA) is 157 Å². The number of hydrogen-bond donors (Lipinski definition) is 6. The van der Waals surface area contributed by atoms with Crippen molar-refractivity contribution in [2.45, 2.75) is 126 Å². The number of dihydropyridines is 1. The fraction of sp³-hybridized carbons (Fsp3) is 0.459. The minimum atomic E-state index is -0.667. The number of carbonyl (C=O) groups excluding carboxylic acids is 1. The first-order chi connectivity index (χ1) is 36.1. The van der Waals surface area contributed by atoms with E-state index in [1.54, 1.807) is 13.2 Å². The van der Waals surface area contributed by atoms with Crippen molar-refractivity contribution in [2.75, 3.05) is 32.3 Å². The molecule has 1 unspecified atom stereocenters. The number of phenolic OH excluding ortho intramolecular Hbond substituents is 2. The van der Waals surface area contributed by atoms with Gasteiger partial charge >= 0.3 is 5.97 Å². The molecule has 1 spiro atoms. The Balaban J connectivity index is 1.11. The van der Waals surface area contributed by atoms with Gasteiger partial charge in [-0.1, -0.05) is 94.6 Å². The lowest BCUT2D eigenvalue weighted by Gasteiger charge is -2.40. The number of phenols is 2. The Morgan fingerprint density at radius 2 is 1.88 bits per heavy atom. The molecule has 1 saturated heterocycles. The number of nitrogens with one attached hydrogen (secondary N) is 3. The minimum Gasteiger partial charge on any atom is -0.508 e. The van der Waals surface area contributed by atoms with Crippen LogP contribution in [0.4, 0.5) is 0 Å². The Morgan fingerprint density at radius 1 is 1.01 bits per heavy atom. The molecule has 0 aromatic heterocycles. The fourth-order valence-electron chi connectivity index (χ4n) is 14.2. The summed E-state index contributed by atoms with van der Waals surface area (Å²) in [4.78, 5) is 13.0. The van der Waals surface area contributed by atoms with E-state index >= 15 is 0 Å². The number of aryl methyl sites for hydroxylation is 1. The van der Waals surface area contributed by atoms with Gasteiger partial charge in [0.05, 0.1) is 30.9 Å².